The molecule has 5 nitrogen and oxygen atoms in total. The van der Waals surface area contributed by atoms with Gasteiger partial charge in [0.15, 0.2) is 5.13 Å². The first kappa shape index (κ1) is 19.5. The minimum absolute atomic E-state index is 0.0872. The number of carbonyl (C=O) groups excluding carboxylic acids is 2. The van der Waals surface area contributed by atoms with E-state index in [1.165, 1.54) is 11.3 Å². The number of amides is 1. The molecule has 1 fully saturated rings. The van der Waals surface area contributed by atoms with Gasteiger partial charge in [-0.25, -0.2) is 4.98 Å². The van der Waals surface area contributed by atoms with E-state index in [0.717, 1.165) is 48.1 Å². The number of nitrogens with zero attached hydrogens (tertiary/aromatic N) is 2. The van der Waals surface area contributed by atoms with Gasteiger partial charge in [0.25, 0.3) is 0 Å². The van der Waals surface area contributed by atoms with Gasteiger partial charge in [-0.05, 0) is 49.4 Å². The summed E-state index contributed by atoms with van der Waals surface area (Å²) < 4.78 is 0. The zero-order valence-electron chi connectivity index (χ0n) is 16.3. The lowest BCUT2D eigenvalue weighted by molar-refractivity contribution is -0.120. The Balaban J connectivity index is 1.38. The lowest BCUT2D eigenvalue weighted by Gasteiger charge is -2.13. The highest BCUT2D eigenvalue weighted by Crippen LogP contribution is 2.27. The maximum absolute atomic E-state index is 12.7. The van der Waals surface area contributed by atoms with Crippen LogP contribution in [-0.2, 0) is 16.0 Å². The monoisotopic (exact) mass is 405 g/mol. The van der Waals surface area contributed by atoms with E-state index in [4.69, 9.17) is 0 Å². The summed E-state index contributed by atoms with van der Waals surface area (Å²) in [6.45, 7) is 1.89. The summed E-state index contributed by atoms with van der Waals surface area (Å²) in [5, 5.41) is 5.41. The molecule has 3 aromatic rings. The number of Topliss-reactive ketones (excluding diaryl/α,β-unsaturated/α-hetero) is 1. The second kappa shape index (κ2) is 8.66. The molecule has 1 saturated carbocycles. The second-order valence-electron chi connectivity index (χ2n) is 7.49. The van der Waals surface area contributed by atoms with E-state index in [-0.39, 0.29) is 17.7 Å². The zero-order valence-corrected chi connectivity index (χ0v) is 17.1. The highest BCUT2D eigenvalue weighted by Gasteiger charge is 2.24. The predicted molar refractivity (Wildman–Crippen MR) is 115 cm³/mol. The van der Waals surface area contributed by atoms with E-state index in [9.17, 15) is 9.59 Å². The maximum atomic E-state index is 12.7. The SMILES string of the molecule is CC(C(=O)Nc1nc(-c2cccnc2)cs1)c1ccc(CC2CCCC2=O)cc1. The number of nitrogens with one attached hydrogen (secondary N) is 1. The quantitative estimate of drug-likeness (QED) is 0.636. The molecule has 148 valence electrons. The fourth-order valence-corrected chi connectivity index (χ4v) is 4.40. The van der Waals surface area contributed by atoms with Crippen molar-refractivity contribution in [1.82, 2.24) is 9.97 Å². The molecule has 0 radical (unpaired) electrons. The first-order chi connectivity index (χ1) is 14.1. The fourth-order valence-electron chi connectivity index (χ4n) is 3.67. The molecule has 1 aliphatic carbocycles. The number of anilines is 1. The Morgan fingerprint density at radius 1 is 1.28 bits per heavy atom. The molecule has 1 aliphatic rings. The van der Waals surface area contributed by atoms with Gasteiger partial charge in [0, 0.05) is 35.7 Å². The van der Waals surface area contributed by atoms with Crippen LogP contribution in [0.2, 0.25) is 0 Å². The van der Waals surface area contributed by atoms with Gasteiger partial charge in [-0.1, -0.05) is 24.3 Å². The molecule has 0 spiro atoms. The zero-order chi connectivity index (χ0) is 20.2. The van der Waals surface area contributed by atoms with Crippen molar-refractivity contribution >= 4 is 28.2 Å². The predicted octanol–water partition coefficient (Wildman–Crippen LogP) is 4.86. The molecule has 6 heteroatoms. The molecular weight excluding hydrogens is 382 g/mol. The Bertz CT molecular complexity index is 998. The fraction of sp³-hybridized carbons (Fsp3) is 0.304. The number of hydrogen-bond donors (Lipinski definition) is 1. The molecule has 2 atom stereocenters. The van der Waals surface area contributed by atoms with E-state index < -0.39 is 0 Å². The summed E-state index contributed by atoms with van der Waals surface area (Å²) in [6, 6.07) is 11.9. The molecule has 0 bridgehead atoms. The third-order valence-electron chi connectivity index (χ3n) is 5.48. The van der Waals surface area contributed by atoms with Gasteiger partial charge in [-0.3, -0.25) is 14.6 Å². The van der Waals surface area contributed by atoms with Crippen molar-refractivity contribution in [1.29, 1.82) is 0 Å². The third kappa shape index (κ3) is 4.59. The molecule has 1 aromatic carbocycles. The smallest absolute Gasteiger partial charge is 0.233 e. The normalized spacial score (nSPS) is 17.3. The van der Waals surface area contributed by atoms with Gasteiger partial charge in [-0.15, -0.1) is 11.3 Å². The molecular formula is C23H23N3O2S. The van der Waals surface area contributed by atoms with Crippen molar-refractivity contribution in [2.24, 2.45) is 5.92 Å². The number of thiazole rings is 1. The van der Waals surface area contributed by atoms with Crippen LogP contribution < -0.4 is 5.32 Å². The van der Waals surface area contributed by atoms with Crippen molar-refractivity contribution in [3.05, 3.63) is 65.3 Å². The Morgan fingerprint density at radius 3 is 2.79 bits per heavy atom. The molecule has 4 rings (SSSR count). The maximum Gasteiger partial charge on any atom is 0.233 e. The summed E-state index contributed by atoms with van der Waals surface area (Å²) in [5.74, 6) is 0.176. The molecule has 0 saturated heterocycles. The largest absolute Gasteiger partial charge is 0.301 e. The summed E-state index contributed by atoms with van der Waals surface area (Å²) in [7, 11) is 0. The molecule has 1 amide bonds. The van der Waals surface area contributed by atoms with Crippen molar-refractivity contribution in [2.75, 3.05) is 5.32 Å². The third-order valence-corrected chi connectivity index (χ3v) is 6.24. The van der Waals surface area contributed by atoms with Crippen molar-refractivity contribution in [3.63, 3.8) is 0 Å². The Morgan fingerprint density at radius 2 is 2.10 bits per heavy atom. The molecule has 0 aliphatic heterocycles. The average molecular weight is 406 g/mol. The Kier molecular flexibility index (Phi) is 5.81. The topological polar surface area (TPSA) is 72.0 Å². The summed E-state index contributed by atoms with van der Waals surface area (Å²) in [4.78, 5) is 33.1. The number of pyridine rings is 1. The lowest BCUT2D eigenvalue weighted by Crippen LogP contribution is -2.18. The van der Waals surface area contributed by atoms with Crippen molar-refractivity contribution < 1.29 is 9.59 Å². The van der Waals surface area contributed by atoms with Crippen LogP contribution in [-0.4, -0.2) is 21.7 Å². The van der Waals surface area contributed by atoms with Gasteiger partial charge < -0.3 is 5.32 Å². The van der Waals surface area contributed by atoms with Crippen LogP contribution in [0.25, 0.3) is 11.3 Å². The van der Waals surface area contributed by atoms with E-state index >= 15 is 0 Å². The molecule has 2 aromatic heterocycles. The van der Waals surface area contributed by atoms with Crippen molar-refractivity contribution in [3.8, 4) is 11.3 Å². The van der Waals surface area contributed by atoms with Crippen LogP contribution >= 0.6 is 11.3 Å². The Labute approximate surface area is 174 Å². The van der Waals surface area contributed by atoms with Crippen LogP contribution in [0.3, 0.4) is 0 Å². The minimum atomic E-state index is -0.289. The average Bonchev–Trinajstić information content (AvgIpc) is 3.38. The highest BCUT2D eigenvalue weighted by atomic mass is 32.1. The van der Waals surface area contributed by atoms with Gasteiger partial charge in [0.1, 0.15) is 5.78 Å². The first-order valence-corrected chi connectivity index (χ1v) is 10.8. The van der Waals surface area contributed by atoms with Gasteiger partial charge in [0.2, 0.25) is 5.91 Å². The van der Waals surface area contributed by atoms with E-state index in [2.05, 4.69) is 15.3 Å². The molecule has 1 N–H and O–H groups in total. The van der Waals surface area contributed by atoms with Crippen LogP contribution in [0, 0.1) is 5.92 Å². The van der Waals surface area contributed by atoms with Gasteiger partial charge >= 0.3 is 0 Å². The van der Waals surface area contributed by atoms with Crippen LogP contribution in [0.5, 0.6) is 0 Å². The first-order valence-electron chi connectivity index (χ1n) is 9.88. The van der Waals surface area contributed by atoms with Crippen LogP contribution in [0.15, 0.2) is 54.2 Å². The molecule has 29 heavy (non-hydrogen) atoms. The van der Waals surface area contributed by atoms with E-state index in [1.54, 1.807) is 12.4 Å². The number of hydrogen-bond acceptors (Lipinski definition) is 5. The highest BCUT2D eigenvalue weighted by molar-refractivity contribution is 7.14. The Hall–Kier alpha value is -2.86. The second-order valence-corrected chi connectivity index (χ2v) is 8.35. The summed E-state index contributed by atoms with van der Waals surface area (Å²) in [6.07, 6.45) is 7.00. The standard InChI is InChI=1S/C23H23N3O2S/c1-15(17-9-7-16(8-10-17)12-18-4-2-6-21(18)27)22(28)26-23-25-20(14-29-23)19-5-3-11-24-13-19/h3,5,7-11,13-15,18H,2,4,6,12H2,1H3,(H,25,26,28). The minimum Gasteiger partial charge on any atom is -0.301 e. The number of aromatic nitrogens is 2. The van der Waals surface area contributed by atoms with Crippen molar-refractivity contribution in [2.45, 2.75) is 38.5 Å². The summed E-state index contributed by atoms with van der Waals surface area (Å²) >= 11 is 1.40. The van der Waals surface area contributed by atoms with E-state index in [0.29, 0.717) is 10.9 Å². The molecule has 2 heterocycles. The van der Waals surface area contributed by atoms with Crippen LogP contribution in [0.4, 0.5) is 5.13 Å². The number of ketones is 1. The van der Waals surface area contributed by atoms with Crippen LogP contribution in [0.1, 0.15) is 43.2 Å². The summed E-state index contributed by atoms with van der Waals surface area (Å²) in [5.41, 5.74) is 3.83. The van der Waals surface area contributed by atoms with E-state index in [1.807, 2.05) is 48.7 Å². The number of carbonyl (C=O) groups is 2. The lowest BCUT2D eigenvalue weighted by atomic mass is 9.94. The number of rotatable bonds is 6. The molecule has 2 unspecified atom stereocenters. The van der Waals surface area contributed by atoms with Gasteiger partial charge in [0.05, 0.1) is 11.6 Å². The number of benzene rings is 1. The van der Waals surface area contributed by atoms with Gasteiger partial charge in [-0.2, -0.15) is 0 Å².